The number of rotatable bonds is 6. The van der Waals surface area contributed by atoms with Gasteiger partial charge in [-0.15, -0.1) is 5.10 Å². The van der Waals surface area contributed by atoms with Gasteiger partial charge in [-0.3, -0.25) is 9.80 Å². The molecule has 0 saturated carbocycles. The lowest BCUT2D eigenvalue weighted by Gasteiger charge is -2.23. The summed E-state index contributed by atoms with van der Waals surface area (Å²) in [5.74, 6) is 1.45. The summed E-state index contributed by atoms with van der Waals surface area (Å²) in [7, 11) is 2.10. The van der Waals surface area contributed by atoms with E-state index in [-0.39, 0.29) is 0 Å². The second kappa shape index (κ2) is 6.99. The summed E-state index contributed by atoms with van der Waals surface area (Å²) in [6.45, 7) is 5.51. The van der Waals surface area contributed by atoms with E-state index in [4.69, 9.17) is 16.1 Å². The van der Waals surface area contributed by atoms with Crippen molar-refractivity contribution >= 4 is 23.1 Å². The van der Waals surface area contributed by atoms with Gasteiger partial charge < -0.3 is 4.52 Å². The minimum Gasteiger partial charge on any atom is -0.339 e. The Morgan fingerprint density at radius 2 is 2.36 bits per heavy atom. The molecule has 9 heteroatoms. The van der Waals surface area contributed by atoms with E-state index in [1.807, 2.05) is 6.92 Å². The van der Waals surface area contributed by atoms with Crippen LogP contribution >= 0.6 is 23.1 Å². The van der Waals surface area contributed by atoms with Crippen molar-refractivity contribution in [3.05, 3.63) is 21.7 Å². The topological polar surface area (TPSA) is 71.2 Å². The summed E-state index contributed by atoms with van der Waals surface area (Å²) in [4.78, 5) is 9.01. The average Bonchev–Trinajstić information content (AvgIpc) is 3.22. The number of hydrogen-bond donors (Lipinski definition) is 0. The Morgan fingerprint density at radius 1 is 1.50 bits per heavy atom. The molecule has 3 heterocycles. The standard InChI is InChI=1S/C13H19ClN6OS/c1-3-12-15-11(17-21-12)8-19(2)9-4-5-20(6-9)7-10-13(14)22-18-16-10/h9H,3-8H2,1-2H3. The number of aryl methyl sites for hydroxylation is 1. The van der Waals surface area contributed by atoms with E-state index < -0.39 is 0 Å². The maximum absolute atomic E-state index is 6.07. The maximum atomic E-state index is 6.07. The molecule has 1 unspecified atom stereocenters. The molecule has 0 aliphatic carbocycles. The second-order valence-corrected chi connectivity index (χ2v) is 6.90. The van der Waals surface area contributed by atoms with Crippen molar-refractivity contribution in [3.63, 3.8) is 0 Å². The van der Waals surface area contributed by atoms with Crippen molar-refractivity contribution in [2.75, 3.05) is 20.1 Å². The molecule has 0 spiro atoms. The number of aromatic nitrogens is 4. The molecule has 1 aliphatic heterocycles. The fourth-order valence-corrected chi connectivity index (χ4v) is 3.28. The normalized spacial score (nSPS) is 19.4. The predicted molar refractivity (Wildman–Crippen MR) is 83.7 cm³/mol. The van der Waals surface area contributed by atoms with Crippen LogP contribution < -0.4 is 0 Å². The number of halogens is 1. The smallest absolute Gasteiger partial charge is 0.226 e. The van der Waals surface area contributed by atoms with E-state index in [0.29, 0.717) is 22.8 Å². The van der Waals surface area contributed by atoms with Crippen molar-refractivity contribution in [2.24, 2.45) is 0 Å². The van der Waals surface area contributed by atoms with Crippen LogP contribution in [0.3, 0.4) is 0 Å². The number of nitrogens with zero attached hydrogens (tertiary/aromatic N) is 6. The third kappa shape index (κ3) is 3.62. The molecule has 3 rings (SSSR count). The lowest BCUT2D eigenvalue weighted by molar-refractivity contribution is 0.215. The number of likely N-dealkylation sites (tertiary alicyclic amines) is 1. The van der Waals surface area contributed by atoms with Crippen LogP contribution in [0.2, 0.25) is 4.34 Å². The van der Waals surface area contributed by atoms with Crippen molar-refractivity contribution in [1.29, 1.82) is 0 Å². The van der Waals surface area contributed by atoms with Gasteiger partial charge in [-0.05, 0) is 13.5 Å². The first-order valence-corrected chi connectivity index (χ1v) is 8.51. The fourth-order valence-electron chi connectivity index (χ4n) is 2.67. The Bertz CT molecular complexity index is 617. The fraction of sp³-hybridized carbons (Fsp3) is 0.692. The molecule has 1 saturated heterocycles. The van der Waals surface area contributed by atoms with E-state index in [9.17, 15) is 0 Å². The van der Waals surface area contributed by atoms with Crippen molar-refractivity contribution in [1.82, 2.24) is 29.5 Å². The SMILES string of the molecule is CCc1nc(CN(C)C2CCN(Cc3nnsc3Cl)C2)no1. The molecular formula is C13H19ClN6OS. The molecule has 1 fully saturated rings. The monoisotopic (exact) mass is 342 g/mol. The lowest BCUT2D eigenvalue weighted by atomic mass is 10.2. The highest BCUT2D eigenvalue weighted by Crippen LogP contribution is 2.22. The first-order chi connectivity index (χ1) is 10.7. The van der Waals surface area contributed by atoms with Crippen LogP contribution in [0.25, 0.3) is 0 Å². The van der Waals surface area contributed by atoms with E-state index in [2.05, 4.69) is 36.6 Å². The van der Waals surface area contributed by atoms with Gasteiger partial charge in [0, 0.05) is 43.6 Å². The molecule has 22 heavy (non-hydrogen) atoms. The van der Waals surface area contributed by atoms with E-state index >= 15 is 0 Å². The van der Waals surface area contributed by atoms with Crippen LogP contribution in [0.4, 0.5) is 0 Å². The van der Waals surface area contributed by atoms with Crippen molar-refractivity contribution in [3.8, 4) is 0 Å². The highest BCUT2D eigenvalue weighted by molar-refractivity contribution is 7.10. The molecule has 0 radical (unpaired) electrons. The van der Waals surface area contributed by atoms with Crippen LogP contribution in [-0.2, 0) is 19.5 Å². The summed E-state index contributed by atoms with van der Waals surface area (Å²) in [6, 6.07) is 0.481. The van der Waals surface area contributed by atoms with E-state index in [1.54, 1.807) is 0 Å². The van der Waals surface area contributed by atoms with Gasteiger partial charge in [0.25, 0.3) is 0 Å². The largest absolute Gasteiger partial charge is 0.339 e. The Hall–Kier alpha value is -1.09. The van der Waals surface area contributed by atoms with Gasteiger partial charge in [-0.1, -0.05) is 28.2 Å². The van der Waals surface area contributed by atoms with E-state index in [1.165, 1.54) is 11.5 Å². The van der Waals surface area contributed by atoms with Gasteiger partial charge >= 0.3 is 0 Å². The van der Waals surface area contributed by atoms with Gasteiger partial charge in [0.05, 0.1) is 6.54 Å². The molecule has 0 N–H and O–H groups in total. The highest BCUT2D eigenvalue weighted by Gasteiger charge is 2.27. The minimum atomic E-state index is 0.481. The zero-order valence-electron chi connectivity index (χ0n) is 12.7. The summed E-state index contributed by atoms with van der Waals surface area (Å²) >= 11 is 7.31. The zero-order chi connectivity index (χ0) is 15.5. The minimum absolute atomic E-state index is 0.481. The molecule has 0 aromatic carbocycles. The average molecular weight is 343 g/mol. The molecule has 0 amide bonds. The quantitative estimate of drug-likeness (QED) is 0.793. The van der Waals surface area contributed by atoms with Crippen LogP contribution in [0.1, 0.15) is 30.8 Å². The van der Waals surface area contributed by atoms with Crippen LogP contribution in [0, 0.1) is 0 Å². The van der Waals surface area contributed by atoms with Gasteiger partial charge in [0.15, 0.2) is 5.82 Å². The number of hydrogen-bond acceptors (Lipinski definition) is 8. The lowest BCUT2D eigenvalue weighted by Crippen LogP contribution is -2.34. The second-order valence-electron chi connectivity index (χ2n) is 5.54. The summed E-state index contributed by atoms with van der Waals surface area (Å²) in [5.41, 5.74) is 0.876. The van der Waals surface area contributed by atoms with Gasteiger partial charge in [0.1, 0.15) is 10.0 Å². The molecule has 1 aliphatic rings. The molecule has 0 bridgehead atoms. The molecule has 7 nitrogen and oxygen atoms in total. The first-order valence-electron chi connectivity index (χ1n) is 7.36. The van der Waals surface area contributed by atoms with Crippen molar-refractivity contribution < 1.29 is 4.52 Å². The molecule has 1 atom stereocenters. The molecule has 120 valence electrons. The highest BCUT2D eigenvalue weighted by atomic mass is 35.5. The Labute approximate surface area is 138 Å². The van der Waals surface area contributed by atoms with Crippen LogP contribution in [0.15, 0.2) is 4.52 Å². The van der Waals surface area contributed by atoms with Gasteiger partial charge in [-0.25, -0.2) is 0 Å². The van der Waals surface area contributed by atoms with Crippen LogP contribution in [0.5, 0.6) is 0 Å². The third-order valence-corrected chi connectivity index (χ3v) is 4.94. The summed E-state index contributed by atoms with van der Waals surface area (Å²) < 4.78 is 9.73. The summed E-state index contributed by atoms with van der Waals surface area (Å²) in [5, 5.41) is 8.09. The maximum Gasteiger partial charge on any atom is 0.226 e. The zero-order valence-corrected chi connectivity index (χ0v) is 14.3. The number of likely N-dealkylation sites (N-methyl/N-ethyl adjacent to an activating group) is 1. The van der Waals surface area contributed by atoms with Gasteiger partial charge in [-0.2, -0.15) is 4.98 Å². The third-order valence-electron chi connectivity index (χ3n) is 3.96. The van der Waals surface area contributed by atoms with Gasteiger partial charge in [0.2, 0.25) is 5.89 Å². The Balaban J connectivity index is 1.52. The Kier molecular flexibility index (Phi) is 5.02. The summed E-state index contributed by atoms with van der Waals surface area (Å²) in [6.07, 6.45) is 1.89. The van der Waals surface area contributed by atoms with Crippen molar-refractivity contribution in [2.45, 2.75) is 38.9 Å². The predicted octanol–water partition coefficient (Wildman–Crippen LogP) is 1.84. The van der Waals surface area contributed by atoms with Crippen LogP contribution in [-0.4, -0.2) is 55.7 Å². The van der Waals surface area contributed by atoms with E-state index in [0.717, 1.165) is 44.0 Å². The molecule has 2 aromatic heterocycles. The molecular weight excluding hydrogens is 324 g/mol. The first kappa shape index (κ1) is 15.8. The Morgan fingerprint density at radius 3 is 3.05 bits per heavy atom. The molecule has 2 aromatic rings.